The number of hydrogen-bond acceptors (Lipinski definition) is 3. The molecule has 0 radical (unpaired) electrons. The van der Waals surface area contributed by atoms with Crippen molar-refractivity contribution in [1.82, 2.24) is 0 Å². The van der Waals surface area contributed by atoms with E-state index >= 15 is 0 Å². The average Bonchev–Trinajstić information content (AvgIpc) is 2.67. The van der Waals surface area contributed by atoms with Gasteiger partial charge in [0.2, 0.25) is 0 Å². The van der Waals surface area contributed by atoms with E-state index in [0.717, 1.165) is 16.8 Å². The largest absolute Gasteiger partial charge is 0.490 e. The lowest BCUT2D eigenvalue weighted by Gasteiger charge is -2.16. The van der Waals surface area contributed by atoms with Gasteiger partial charge in [-0.1, -0.05) is 46.9 Å². The van der Waals surface area contributed by atoms with Gasteiger partial charge in [-0.05, 0) is 54.4 Å². The Morgan fingerprint density at radius 2 is 1.52 bits per heavy atom. The summed E-state index contributed by atoms with van der Waals surface area (Å²) in [7, 11) is 0. The molecule has 0 saturated heterocycles. The molecule has 0 heterocycles. The SMILES string of the molecule is CCOc1cc(CNc2cc(Cl)cc(Cl)c2)c(Cl)cc1OCc1ccc(F)cc1. The number of hydrogen-bond donors (Lipinski definition) is 1. The van der Waals surface area contributed by atoms with Crippen molar-refractivity contribution in [2.24, 2.45) is 0 Å². The highest BCUT2D eigenvalue weighted by atomic mass is 35.5. The van der Waals surface area contributed by atoms with E-state index in [1.165, 1.54) is 12.1 Å². The van der Waals surface area contributed by atoms with Crippen LogP contribution in [0.3, 0.4) is 0 Å². The number of halogens is 4. The van der Waals surface area contributed by atoms with Crippen LogP contribution < -0.4 is 14.8 Å². The molecule has 0 bridgehead atoms. The molecule has 3 aromatic rings. The first-order chi connectivity index (χ1) is 13.9. The first-order valence-electron chi connectivity index (χ1n) is 8.97. The topological polar surface area (TPSA) is 30.5 Å². The van der Waals surface area contributed by atoms with Crippen LogP contribution in [0.2, 0.25) is 15.1 Å². The average molecular weight is 455 g/mol. The molecule has 7 heteroatoms. The normalized spacial score (nSPS) is 10.7. The Morgan fingerprint density at radius 1 is 0.862 bits per heavy atom. The van der Waals surface area contributed by atoms with E-state index in [-0.39, 0.29) is 12.4 Å². The van der Waals surface area contributed by atoms with Gasteiger partial charge in [0.1, 0.15) is 12.4 Å². The van der Waals surface area contributed by atoms with E-state index in [9.17, 15) is 4.39 Å². The molecule has 0 atom stereocenters. The molecule has 1 N–H and O–H groups in total. The van der Waals surface area contributed by atoms with Crippen LogP contribution in [0.15, 0.2) is 54.6 Å². The van der Waals surface area contributed by atoms with Gasteiger partial charge in [-0.25, -0.2) is 4.39 Å². The van der Waals surface area contributed by atoms with Crippen molar-refractivity contribution in [1.29, 1.82) is 0 Å². The van der Waals surface area contributed by atoms with Crippen molar-refractivity contribution >= 4 is 40.5 Å². The molecule has 0 fully saturated rings. The van der Waals surface area contributed by atoms with E-state index in [1.807, 2.05) is 13.0 Å². The summed E-state index contributed by atoms with van der Waals surface area (Å²) in [5, 5.41) is 4.87. The van der Waals surface area contributed by atoms with Crippen LogP contribution in [-0.2, 0) is 13.2 Å². The van der Waals surface area contributed by atoms with E-state index in [1.54, 1.807) is 36.4 Å². The minimum absolute atomic E-state index is 0.273. The van der Waals surface area contributed by atoms with Gasteiger partial charge in [0, 0.05) is 33.4 Å². The van der Waals surface area contributed by atoms with Crippen molar-refractivity contribution in [3.05, 3.63) is 86.6 Å². The van der Waals surface area contributed by atoms with Crippen LogP contribution in [0, 0.1) is 5.82 Å². The van der Waals surface area contributed by atoms with Gasteiger partial charge in [-0.15, -0.1) is 0 Å². The Balaban J connectivity index is 1.75. The number of anilines is 1. The van der Waals surface area contributed by atoms with Crippen molar-refractivity contribution in [2.75, 3.05) is 11.9 Å². The molecular weight excluding hydrogens is 436 g/mol. The summed E-state index contributed by atoms with van der Waals surface area (Å²) in [5.41, 5.74) is 2.46. The minimum atomic E-state index is -0.287. The highest BCUT2D eigenvalue weighted by Crippen LogP contribution is 2.35. The lowest BCUT2D eigenvalue weighted by atomic mass is 10.2. The fraction of sp³-hybridized carbons (Fsp3) is 0.182. The van der Waals surface area contributed by atoms with Gasteiger partial charge >= 0.3 is 0 Å². The van der Waals surface area contributed by atoms with E-state index in [2.05, 4.69) is 5.32 Å². The second-order valence-corrected chi connectivity index (χ2v) is 7.53. The van der Waals surface area contributed by atoms with Gasteiger partial charge in [-0.3, -0.25) is 0 Å². The number of ether oxygens (including phenoxy) is 2. The summed E-state index contributed by atoms with van der Waals surface area (Å²) < 4.78 is 24.6. The predicted octanol–water partition coefficient (Wildman–Crippen LogP) is 7.38. The zero-order valence-electron chi connectivity index (χ0n) is 15.6. The lowest BCUT2D eigenvalue weighted by molar-refractivity contribution is 0.269. The first kappa shape index (κ1) is 21.6. The van der Waals surface area contributed by atoms with Crippen molar-refractivity contribution in [2.45, 2.75) is 20.1 Å². The summed E-state index contributed by atoms with van der Waals surface area (Å²) >= 11 is 18.5. The van der Waals surface area contributed by atoms with Crippen molar-refractivity contribution < 1.29 is 13.9 Å². The zero-order valence-corrected chi connectivity index (χ0v) is 17.9. The summed E-state index contributed by atoms with van der Waals surface area (Å²) in [5.74, 6) is 0.820. The van der Waals surface area contributed by atoms with Gasteiger partial charge in [0.05, 0.1) is 6.61 Å². The maximum Gasteiger partial charge on any atom is 0.163 e. The van der Waals surface area contributed by atoms with Crippen molar-refractivity contribution in [3.8, 4) is 11.5 Å². The molecule has 0 spiro atoms. The van der Waals surface area contributed by atoms with Gasteiger partial charge in [-0.2, -0.15) is 0 Å². The van der Waals surface area contributed by atoms with E-state index in [0.29, 0.717) is 39.7 Å². The molecule has 3 rings (SSSR count). The van der Waals surface area contributed by atoms with E-state index in [4.69, 9.17) is 44.3 Å². The third-order valence-electron chi connectivity index (χ3n) is 4.07. The Morgan fingerprint density at radius 3 is 2.17 bits per heavy atom. The first-order valence-corrected chi connectivity index (χ1v) is 10.1. The molecule has 0 unspecified atom stereocenters. The Hall–Kier alpha value is -2.14. The third kappa shape index (κ3) is 6.17. The number of rotatable bonds is 8. The molecule has 0 amide bonds. The van der Waals surface area contributed by atoms with Crippen molar-refractivity contribution in [3.63, 3.8) is 0 Å². The summed E-state index contributed by atoms with van der Waals surface area (Å²) in [6.45, 7) is 3.10. The van der Waals surface area contributed by atoms with Crippen LogP contribution in [0.25, 0.3) is 0 Å². The van der Waals surface area contributed by atoms with Gasteiger partial charge in [0.25, 0.3) is 0 Å². The molecule has 0 saturated carbocycles. The summed E-state index contributed by atoms with van der Waals surface area (Å²) in [4.78, 5) is 0. The maximum atomic E-state index is 13.1. The van der Waals surface area contributed by atoms with Crippen LogP contribution in [0.1, 0.15) is 18.1 Å². The highest BCUT2D eigenvalue weighted by Gasteiger charge is 2.12. The molecule has 3 aromatic carbocycles. The maximum absolute atomic E-state index is 13.1. The number of nitrogens with one attached hydrogen (secondary N) is 1. The molecule has 0 aliphatic carbocycles. The lowest BCUT2D eigenvalue weighted by Crippen LogP contribution is -2.04. The summed E-state index contributed by atoms with van der Waals surface area (Å²) in [6.07, 6.45) is 0. The molecule has 152 valence electrons. The quantitative estimate of drug-likeness (QED) is 0.385. The fourth-order valence-electron chi connectivity index (χ4n) is 2.69. The Bertz CT molecular complexity index is 960. The minimum Gasteiger partial charge on any atom is -0.490 e. The van der Waals surface area contributed by atoms with Crippen LogP contribution in [-0.4, -0.2) is 6.61 Å². The number of benzene rings is 3. The second kappa shape index (κ2) is 10.1. The molecule has 0 aromatic heterocycles. The monoisotopic (exact) mass is 453 g/mol. The molecular formula is C22H19Cl3FNO2. The summed E-state index contributed by atoms with van der Waals surface area (Å²) in [6, 6.07) is 14.9. The third-order valence-corrected chi connectivity index (χ3v) is 4.85. The van der Waals surface area contributed by atoms with Crippen LogP contribution >= 0.6 is 34.8 Å². The smallest absolute Gasteiger partial charge is 0.163 e. The molecule has 3 nitrogen and oxygen atoms in total. The zero-order chi connectivity index (χ0) is 20.8. The fourth-order valence-corrected chi connectivity index (χ4v) is 3.44. The standard InChI is InChI=1S/C22H19Cl3FNO2/c1-2-28-21-7-15(12-27-19-9-16(23)8-17(24)10-19)20(25)11-22(21)29-13-14-3-5-18(26)6-4-14/h3-11,27H,2,12-13H2,1H3. The van der Waals surface area contributed by atoms with Gasteiger partial charge in [0.15, 0.2) is 11.5 Å². The Labute approximate surface area is 184 Å². The second-order valence-electron chi connectivity index (χ2n) is 6.25. The van der Waals surface area contributed by atoms with Crippen LogP contribution in [0.4, 0.5) is 10.1 Å². The van der Waals surface area contributed by atoms with Gasteiger partial charge < -0.3 is 14.8 Å². The van der Waals surface area contributed by atoms with Crippen LogP contribution in [0.5, 0.6) is 11.5 Å². The molecule has 0 aliphatic heterocycles. The predicted molar refractivity (Wildman–Crippen MR) is 117 cm³/mol. The Kier molecular flexibility index (Phi) is 7.48. The highest BCUT2D eigenvalue weighted by molar-refractivity contribution is 6.35. The van der Waals surface area contributed by atoms with E-state index < -0.39 is 0 Å². The molecule has 29 heavy (non-hydrogen) atoms. The molecule has 0 aliphatic rings.